The lowest BCUT2D eigenvalue weighted by Gasteiger charge is -2.36. The van der Waals surface area contributed by atoms with Crippen molar-refractivity contribution in [3.63, 3.8) is 0 Å². The van der Waals surface area contributed by atoms with Crippen LogP contribution in [0.2, 0.25) is 0 Å². The van der Waals surface area contributed by atoms with Gasteiger partial charge in [-0.3, -0.25) is 9.78 Å². The number of nitrogens with zero attached hydrogens (tertiary/aromatic N) is 5. The maximum absolute atomic E-state index is 13.0. The number of amides is 1. The van der Waals surface area contributed by atoms with Gasteiger partial charge in [-0.25, -0.2) is 9.50 Å². The fourth-order valence-electron chi connectivity index (χ4n) is 4.20. The summed E-state index contributed by atoms with van der Waals surface area (Å²) in [6, 6.07) is 3.59. The highest BCUT2D eigenvalue weighted by Crippen LogP contribution is 2.44. The molecule has 0 spiro atoms. The van der Waals surface area contributed by atoms with E-state index in [1.807, 2.05) is 28.6 Å². The van der Waals surface area contributed by atoms with Gasteiger partial charge in [-0.15, -0.1) is 0 Å². The fraction of sp³-hybridized carbons (Fsp3) is 0.333. The highest BCUT2D eigenvalue weighted by molar-refractivity contribution is 5.95. The monoisotopic (exact) mass is 335 g/mol. The topological polar surface area (TPSA) is 83.6 Å². The molecule has 2 aliphatic heterocycles. The highest BCUT2D eigenvalue weighted by atomic mass is 16.3. The Morgan fingerprint density at radius 1 is 1.24 bits per heavy atom. The van der Waals surface area contributed by atoms with E-state index in [1.165, 1.54) is 18.5 Å². The summed E-state index contributed by atoms with van der Waals surface area (Å²) in [5.74, 6) is -0.0794. The van der Waals surface area contributed by atoms with Crippen LogP contribution in [-0.4, -0.2) is 41.5 Å². The molecular formula is C18H17N5O2. The van der Waals surface area contributed by atoms with Crippen molar-refractivity contribution in [3.05, 3.63) is 53.2 Å². The number of hydrogen-bond acceptors (Lipinski definition) is 5. The van der Waals surface area contributed by atoms with Crippen molar-refractivity contribution in [1.29, 1.82) is 0 Å². The molecule has 1 amide bonds. The molecule has 7 nitrogen and oxygen atoms in total. The Hall–Kier alpha value is -2.96. The Labute approximate surface area is 143 Å². The number of pyridine rings is 1. The third-order valence-electron chi connectivity index (χ3n) is 5.23. The average Bonchev–Trinajstić information content (AvgIpc) is 3.13. The quantitative estimate of drug-likeness (QED) is 0.736. The Kier molecular flexibility index (Phi) is 2.89. The van der Waals surface area contributed by atoms with E-state index in [-0.39, 0.29) is 23.7 Å². The van der Waals surface area contributed by atoms with Gasteiger partial charge in [-0.05, 0) is 25.8 Å². The molecule has 2 atom stereocenters. The van der Waals surface area contributed by atoms with Crippen molar-refractivity contribution in [3.8, 4) is 5.75 Å². The first-order chi connectivity index (χ1) is 12.1. The van der Waals surface area contributed by atoms with Crippen molar-refractivity contribution in [2.45, 2.75) is 38.3 Å². The summed E-state index contributed by atoms with van der Waals surface area (Å²) in [5.41, 5.74) is 4.45. The summed E-state index contributed by atoms with van der Waals surface area (Å²) in [6.07, 6.45) is 7.37. The largest absolute Gasteiger partial charge is 0.506 e. The SMILES string of the molecule is Cc1cc2ncc3c(n2n1)CC1CCC3N1C(=O)c1cncc(O)c1. The maximum atomic E-state index is 13.0. The molecule has 2 aliphatic rings. The number of aromatic nitrogens is 4. The van der Waals surface area contributed by atoms with Crippen molar-refractivity contribution >= 4 is 11.6 Å². The van der Waals surface area contributed by atoms with Gasteiger partial charge in [0.25, 0.3) is 5.91 Å². The van der Waals surface area contributed by atoms with Crippen LogP contribution in [0.4, 0.5) is 0 Å². The predicted octanol–water partition coefficient (Wildman–Crippen LogP) is 2.04. The van der Waals surface area contributed by atoms with Gasteiger partial charge in [0.05, 0.1) is 29.2 Å². The minimum absolute atomic E-state index is 0.00463. The van der Waals surface area contributed by atoms with E-state index in [1.54, 1.807) is 0 Å². The lowest BCUT2D eigenvalue weighted by Crippen LogP contribution is -2.42. The summed E-state index contributed by atoms with van der Waals surface area (Å²) in [6.45, 7) is 1.96. The molecular weight excluding hydrogens is 318 g/mol. The molecule has 0 radical (unpaired) electrons. The zero-order valence-corrected chi connectivity index (χ0v) is 13.8. The zero-order valence-electron chi connectivity index (χ0n) is 13.8. The van der Waals surface area contributed by atoms with Crippen LogP contribution in [0.5, 0.6) is 5.75 Å². The summed E-state index contributed by atoms with van der Waals surface area (Å²) >= 11 is 0. The molecule has 2 bridgehead atoms. The predicted molar refractivity (Wildman–Crippen MR) is 89.3 cm³/mol. The smallest absolute Gasteiger partial charge is 0.256 e. The molecule has 1 N–H and O–H groups in total. The normalized spacial score (nSPS) is 21.6. The van der Waals surface area contributed by atoms with E-state index in [9.17, 15) is 9.90 Å². The van der Waals surface area contributed by atoms with Crippen LogP contribution in [0, 0.1) is 6.92 Å². The Balaban J connectivity index is 1.59. The van der Waals surface area contributed by atoms with Crippen molar-refractivity contribution in [2.24, 2.45) is 0 Å². The molecule has 126 valence electrons. The minimum atomic E-state index is -0.0849. The average molecular weight is 335 g/mol. The first-order valence-electron chi connectivity index (χ1n) is 8.42. The lowest BCUT2D eigenvalue weighted by atomic mass is 9.98. The number of carbonyl (C=O) groups is 1. The van der Waals surface area contributed by atoms with Crippen LogP contribution in [0.25, 0.3) is 5.65 Å². The molecule has 0 aromatic carbocycles. The molecule has 5 rings (SSSR count). The van der Waals surface area contributed by atoms with E-state index >= 15 is 0 Å². The summed E-state index contributed by atoms with van der Waals surface area (Å²) in [7, 11) is 0. The van der Waals surface area contributed by atoms with E-state index in [2.05, 4.69) is 15.1 Å². The molecule has 0 aliphatic carbocycles. The second-order valence-electron chi connectivity index (χ2n) is 6.81. The number of carbonyl (C=O) groups excluding carboxylic acids is 1. The molecule has 7 heteroatoms. The van der Waals surface area contributed by atoms with Crippen LogP contribution in [-0.2, 0) is 6.42 Å². The van der Waals surface area contributed by atoms with Gasteiger partial charge in [0, 0.05) is 36.5 Å². The van der Waals surface area contributed by atoms with Crippen molar-refractivity contribution in [2.75, 3.05) is 0 Å². The van der Waals surface area contributed by atoms with E-state index in [4.69, 9.17) is 0 Å². The summed E-state index contributed by atoms with van der Waals surface area (Å²) in [5, 5.41) is 14.2. The van der Waals surface area contributed by atoms with Gasteiger partial charge in [0.15, 0.2) is 5.65 Å². The highest BCUT2D eigenvalue weighted by Gasteiger charge is 2.44. The third-order valence-corrected chi connectivity index (χ3v) is 5.23. The molecule has 5 heterocycles. The Bertz CT molecular complexity index is 1010. The Morgan fingerprint density at radius 3 is 2.96 bits per heavy atom. The number of rotatable bonds is 1. The van der Waals surface area contributed by atoms with Gasteiger partial charge in [0.1, 0.15) is 5.75 Å². The van der Waals surface area contributed by atoms with Gasteiger partial charge in [-0.1, -0.05) is 0 Å². The lowest BCUT2D eigenvalue weighted by molar-refractivity contribution is 0.0641. The van der Waals surface area contributed by atoms with Crippen LogP contribution in [0.15, 0.2) is 30.7 Å². The van der Waals surface area contributed by atoms with Gasteiger partial charge < -0.3 is 10.0 Å². The first-order valence-corrected chi connectivity index (χ1v) is 8.42. The second kappa shape index (κ2) is 5.02. The summed E-state index contributed by atoms with van der Waals surface area (Å²) in [4.78, 5) is 23.4. The first kappa shape index (κ1) is 14.4. The maximum Gasteiger partial charge on any atom is 0.256 e. The zero-order chi connectivity index (χ0) is 17.1. The number of aromatic hydroxyl groups is 1. The fourth-order valence-corrected chi connectivity index (χ4v) is 4.20. The molecule has 25 heavy (non-hydrogen) atoms. The molecule has 3 aromatic rings. The van der Waals surface area contributed by atoms with Gasteiger partial charge in [0.2, 0.25) is 0 Å². The molecule has 2 unspecified atom stereocenters. The van der Waals surface area contributed by atoms with E-state index in [0.717, 1.165) is 41.9 Å². The van der Waals surface area contributed by atoms with Crippen molar-refractivity contribution in [1.82, 2.24) is 24.5 Å². The molecule has 0 saturated carbocycles. The second-order valence-corrected chi connectivity index (χ2v) is 6.81. The van der Waals surface area contributed by atoms with E-state index < -0.39 is 0 Å². The van der Waals surface area contributed by atoms with Crippen LogP contribution in [0.3, 0.4) is 0 Å². The molecule has 1 fully saturated rings. The molecule has 3 aromatic heterocycles. The van der Waals surface area contributed by atoms with E-state index in [0.29, 0.717) is 5.56 Å². The third kappa shape index (κ3) is 2.05. The standard InChI is InChI=1S/C18H17N5O2/c1-10-4-17-20-9-14-15-3-2-12(6-16(14)23(17)21-10)22(15)18(25)11-5-13(24)8-19-7-11/h4-5,7-9,12,15,24H,2-3,6H2,1H3. The minimum Gasteiger partial charge on any atom is -0.506 e. The number of aryl methyl sites for hydroxylation is 1. The van der Waals surface area contributed by atoms with Gasteiger partial charge >= 0.3 is 0 Å². The molecule has 1 saturated heterocycles. The number of fused-ring (bicyclic) bond motifs is 6. The Morgan fingerprint density at radius 2 is 2.12 bits per heavy atom. The van der Waals surface area contributed by atoms with Gasteiger partial charge in [-0.2, -0.15) is 5.10 Å². The van der Waals surface area contributed by atoms with Crippen molar-refractivity contribution < 1.29 is 9.90 Å². The van der Waals surface area contributed by atoms with Crippen LogP contribution in [0.1, 0.15) is 46.2 Å². The summed E-state index contributed by atoms with van der Waals surface area (Å²) < 4.78 is 1.92. The van der Waals surface area contributed by atoms with Crippen LogP contribution >= 0.6 is 0 Å². The van der Waals surface area contributed by atoms with Crippen LogP contribution < -0.4 is 0 Å². The number of hydrogen-bond donors (Lipinski definition) is 1.